The monoisotopic (exact) mass is 292 g/mol. The summed E-state index contributed by atoms with van der Waals surface area (Å²) in [7, 11) is 0. The minimum atomic E-state index is -0.490. The zero-order valence-corrected chi connectivity index (χ0v) is 12.8. The van der Waals surface area contributed by atoms with Gasteiger partial charge in [0.1, 0.15) is 5.75 Å². The van der Waals surface area contributed by atoms with Gasteiger partial charge in [0, 0.05) is 26.2 Å². The predicted octanol–water partition coefficient (Wildman–Crippen LogP) is 1.21. The fraction of sp³-hybridized carbons (Fsp3) is 0.562. The summed E-state index contributed by atoms with van der Waals surface area (Å²) in [5, 5.41) is 2.92. The minimum absolute atomic E-state index is 0.0773. The lowest BCUT2D eigenvalue weighted by Crippen LogP contribution is -2.43. The average Bonchev–Trinajstić information content (AvgIpc) is 2.50. The Hall–Kier alpha value is -1.59. The fourth-order valence-corrected chi connectivity index (χ4v) is 2.24. The van der Waals surface area contributed by atoms with E-state index in [2.05, 4.69) is 10.2 Å². The number of amides is 1. The Morgan fingerprint density at radius 1 is 1.38 bits per heavy atom. The summed E-state index contributed by atoms with van der Waals surface area (Å²) in [6.07, 6.45) is -0.490. The molecule has 0 radical (unpaired) electrons. The number of nitrogens with one attached hydrogen (secondary N) is 1. The average molecular weight is 292 g/mol. The molecule has 1 saturated heterocycles. The number of ether oxygens (including phenoxy) is 2. The molecule has 5 heteroatoms. The van der Waals surface area contributed by atoms with Crippen molar-refractivity contribution in [2.75, 3.05) is 39.4 Å². The number of rotatable bonds is 6. The molecule has 1 aromatic rings. The van der Waals surface area contributed by atoms with Crippen molar-refractivity contribution in [1.29, 1.82) is 0 Å². The van der Waals surface area contributed by atoms with Gasteiger partial charge in [-0.15, -0.1) is 0 Å². The third kappa shape index (κ3) is 5.02. The van der Waals surface area contributed by atoms with Crippen LogP contribution in [0, 0.1) is 6.92 Å². The maximum Gasteiger partial charge on any atom is 0.260 e. The summed E-state index contributed by atoms with van der Waals surface area (Å²) in [6.45, 7) is 8.67. The predicted molar refractivity (Wildman–Crippen MR) is 81.5 cm³/mol. The van der Waals surface area contributed by atoms with Gasteiger partial charge in [-0.1, -0.05) is 18.2 Å². The molecule has 21 heavy (non-hydrogen) atoms. The number of hydrogen-bond acceptors (Lipinski definition) is 4. The van der Waals surface area contributed by atoms with E-state index >= 15 is 0 Å². The lowest BCUT2D eigenvalue weighted by atomic mass is 10.2. The second-order valence-electron chi connectivity index (χ2n) is 5.27. The molecule has 1 aliphatic rings. The van der Waals surface area contributed by atoms with Gasteiger partial charge in [-0.05, 0) is 25.5 Å². The van der Waals surface area contributed by atoms with Gasteiger partial charge < -0.3 is 14.8 Å². The SMILES string of the molecule is Cc1ccccc1O[C@@H](C)C(=O)NCCN1CCOCC1. The minimum Gasteiger partial charge on any atom is -0.481 e. The summed E-state index contributed by atoms with van der Waals surface area (Å²) in [4.78, 5) is 14.3. The van der Waals surface area contributed by atoms with Crippen molar-refractivity contribution >= 4 is 5.91 Å². The Morgan fingerprint density at radius 3 is 2.81 bits per heavy atom. The number of carbonyl (C=O) groups is 1. The van der Waals surface area contributed by atoms with Gasteiger partial charge in [-0.3, -0.25) is 9.69 Å². The van der Waals surface area contributed by atoms with Crippen LogP contribution >= 0.6 is 0 Å². The molecular formula is C16H24N2O3. The van der Waals surface area contributed by atoms with Crippen LogP contribution < -0.4 is 10.1 Å². The number of carbonyl (C=O) groups excluding carboxylic acids is 1. The molecule has 0 unspecified atom stereocenters. The van der Waals surface area contributed by atoms with Crippen molar-refractivity contribution in [3.63, 3.8) is 0 Å². The molecule has 1 aliphatic heterocycles. The molecule has 0 spiro atoms. The Morgan fingerprint density at radius 2 is 2.10 bits per heavy atom. The van der Waals surface area contributed by atoms with Crippen molar-refractivity contribution in [3.8, 4) is 5.75 Å². The van der Waals surface area contributed by atoms with Crippen LogP contribution in [0.5, 0.6) is 5.75 Å². The highest BCUT2D eigenvalue weighted by molar-refractivity contribution is 5.80. The standard InChI is InChI=1S/C16H24N2O3/c1-13-5-3-4-6-15(13)21-14(2)16(19)17-7-8-18-9-11-20-12-10-18/h3-6,14H,7-12H2,1-2H3,(H,17,19)/t14-/m0/s1. The molecule has 2 rings (SSSR count). The molecule has 5 nitrogen and oxygen atoms in total. The van der Waals surface area contributed by atoms with Crippen LogP contribution in [0.25, 0.3) is 0 Å². The van der Waals surface area contributed by atoms with Crippen LogP contribution in [-0.4, -0.2) is 56.3 Å². The first kappa shape index (κ1) is 15.8. The first-order valence-corrected chi connectivity index (χ1v) is 7.47. The molecule has 1 fully saturated rings. The zero-order valence-electron chi connectivity index (χ0n) is 12.8. The van der Waals surface area contributed by atoms with Crippen LogP contribution in [0.3, 0.4) is 0 Å². The van der Waals surface area contributed by atoms with Gasteiger partial charge >= 0.3 is 0 Å². The van der Waals surface area contributed by atoms with E-state index in [1.165, 1.54) is 0 Å². The van der Waals surface area contributed by atoms with Gasteiger partial charge in [0.2, 0.25) is 0 Å². The second kappa shape index (κ2) is 8.00. The maximum absolute atomic E-state index is 12.0. The first-order valence-electron chi connectivity index (χ1n) is 7.47. The van der Waals surface area contributed by atoms with Crippen LogP contribution in [0.1, 0.15) is 12.5 Å². The van der Waals surface area contributed by atoms with Crippen LogP contribution in [-0.2, 0) is 9.53 Å². The lowest BCUT2D eigenvalue weighted by Gasteiger charge is -2.26. The third-order valence-electron chi connectivity index (χ3n) is 3.60. The van der Waals surface area contributed by atoms with E-state index in [0.717, 1.165) is 44.2 Å². The zero-order chi connectivity index (χ0) is 15.1. The number of nitrogens with zero attached hydrogens (tertiary/aromatic N) is 1. The highest BCUT2D eigenvalue weighted by Gasteiger charge is 2.16. The molecule has 0 bridgehead atoms. The number of para-hydroxylation sites is 1. The van der Waals surface area contributed by atoms with Crippen LogP contribution in [0.15, 0.2) is 24.3 Å². The molecule has 0 aliphatic carbocycles. The normalized spacial score (nSPS) is 17.2. The van der Waals surface area contributed by atoms with Crippen molar-refractivity contribution in [2.45, 2.75) is 20.0 Å². The highest BCUT2D eigenvalue weighted by atomic mass is 16.5. The molecule has 1 heterocycles. The molecule has 1 atom stereocenters. The molecule has 116 valence electrons. The van der Waals surface area contributed by atoms with Gasteiger partial charge in [-0.2, -0.15) is 0 Å². The van der Waals surface area contributed by atoms with Crippen molar-refractivity contribution in [2.24, 2.45) is 0 Å². The van der Waals surface area contributed by atoms with E-state index in [4.69, 9.17) is 9.47 Å². The van der Waals surface area contributed by atoms with E-state index < -0.39 is 6.10 Å². The fourth-order valence-electron chi connectivity index (χ4n) is 2.24. The number of benzene rings is 1. The van der Waals surface area contributed by atoms with Gasteiger partial charge in [0.05, 0.1) is 13.2 Å². The van der Waals surface area contributed by atoms with E-state index in [1.54, 1.807) is 6.92 Å². The van der Waals surface area contributed by atoms with Gasteiger partial charge in [0.25, 0.3) is 5.91 Å². The Labute approximate surface area is 126 Å². The van der Waals surface area contributed by atoms with Crippen LogP contribution in [0.4, 0.5) is 0 Å². The van der Waals surface area contributed by atoms with Crippen molar-refractivity contribution in [1.82, 2.24) is 10.2 Å². The molecule has 1 amide bonds. The molecule has 1 N–H and O–H groups in total. The van der Waals surface area contributed by atoms with E-state index in [9.17, 15) is 4.79 Å². The van der Waals surface area contributed by atoms with Gasteiger partial charge in [-0.25, -0.2) is 0 Å². The topological polar surface area (TPSA) is 50.8 Å². The third-order valence-corrected chi connectivity index (χ3v) is 3.60. The Balaban J connectivity index is 1.71. The molecule has 0 saturated carbocycles. The molecular weight excluding hydrogens is 268 g/mol. The molecule has 0 aromatic heterocycles. The second-order valence-corrected chi connectivity index (χ2v) is 5.27. The number of aryl methyl sites for hydroxylation is 1. The van der Waals surface area contributed by atoms with E-state index in [1.807, 2.05) is 31.2 Å². The first-order chi connectivity index (χ1) is 10.2. The molecule has 1 aromatic carbocycles. The Bertz CT molecular complexity index is 459. The van der Waals surface area contributed by atoms with Crippen molar-refractivity contribution in [3.05, 3.63) is 29.8 Å². The summed E-state index contributed by atoms with van der Waals surface area (Å²) in [6, 6.07) is 7.71. The quantitative estimate of drug-likeness (QED) is 0.856. The number of morpholine rings is 1. The summed E-state index contributed by atoms with van der Waals surface area (Å²) in [5.41, 5.74) is 1.03. The smallest absolute Gasteiger partial charge is 0.260 e. The lowest BCUT2D eigenvalue weighted by molar-refractivity contribution is -0.127. The van der Waals surface area contributed by atoms with Crippen LogP contribution in [0.2, 0.25) is 0 Å². The Kier molecular flexibility index (Phi) is 6.02. The summed E-state index contributed by atoms with van der Waals surface area (Å²) >= 11 is 0. The summed E-state index contributed by atoms with van der Waals surface area (Å²) < 4.78 is 11.0. The number of hydrogen-bond donors (Lipinski definition) is 1. The summed E-state index contributed by atoms with van der Waals surface area (Å²) in [5.74, 6) is 0.680. The van der Waals surface area contributed by atoms with Gasteiger partial charge in [0.15, 0.2) is 6.10 Å². The largest absolute Gasteiger partial charge is 0.481 e. The highest BCUT2D eigenvalue weighted by Crippen LogP contribution is 2.17. The maximum atomic E-state index is 12.0. The van der Waals surface area contributed by atoms with Crippen molar-refractivity contribution < 1.29 is 14.3 Å². The van der Waals surface area contributed by atoms with E-state index in [0.29, 0.717) is 6.54 Å². The van der Waals surface area contributed by atoms with E-state index in [-0.39, 0.29) is 5.91 Å².